The lowest BCUT2D eigenvalue weighted by atomic mass is 10.1. The molecule has 2 atom stereocenters. The summed E-state index contributed by atoms with van der Waals surface area (Å²) in [5, 5.41) is 3.12. The Bertz CT molecular complexity index is 486. The minimum Gasteiger partial charge on any atom is -0.444 e. The van der Waals surface area contributed by atoms with Crippen LogP contribution in [0.5, 0.6) is 0 Å². The van der Waals surface area contributed by atoms with Gasteiger partial charge < -0.3 is 19.7 Å². The summed E-state index contributed by atoms with van der Waals surface area (Å²) >= 11 is 0. The third-order valence-corrected chi connectivity index (χ3v) is 5.23. The summed E-state index contributed by atoms with van der Waals surface area (Å²) in [5.74, 6) is -0.124. The van der Waals surface area contributed by atoms with Crippen molar-refractivity contribution in [2.75, 3.05) is 39.9 Å². The predicted molar refractivity (Wildman–Crippen MR) is 105 cm³/mol. The van der Waals surface area contributed by atoms with Crippen molar-refractivity contribution >= 4 is 12.0 Å². The Labute approximate surface area is 163 Å². The highest BCUT2D eigenvalue weighted by Gasteiger charge is 2.31. The van der Waals surface area contributed by atoms with E-state index in [1.165, 1.54) is 37.3 Å². The molecule has 0 unspecified atom stereocenters. The van der Waals surface area contributed by atoms with Crippen LogP contribution in [0.2, 0.25) is 0 Å². The summed E-state index contributed by atoms with van der Waals surface area (Å²) in [4.78, 5) is 28.9. The maximum atomic E-state index is 12.5. The SMILES string of the molecule is COCCN(CC(=O)N[C@H]1CC[C@H](N2CCCCC2)C1)C(=O)OC(C)(C)C. The van der Waals surface area contributed by atoms with E-state index in [2.05, 4.69) is 10.2 Å². The van der Waals surface area contributed by atoms with E-state index in [4.69, 9.17) is 9.47 Å². The van der Waals surface area contributed by atoms with Crippen LogP contribution in [0.3, 0.4) is 0 Å². The Morgan fingerprint density at radius 2 is 1.85 bits per heavy atom. The second kappa shape index (κ2) is 10.3. The molecule has 1 saturated carbocycles. The number of carbonyl (C=O) groups excluding carboxylic acids is 2. The van der Waals surface area contributed by atoms with Gasteiger partial charge in [0, 0.05) is 25.7 Å². The van der Waals surface area contributed by atoms with E-state index in [0.29, 0.717) is 19.2 Å². The zero-order chi connectivity index (χ0) is 19.9. The van der Waals surface area contributed by atoms with Crippen molar-refractivity contribution < 1.29 is 19.1 Å². The number of hydrogen-bond donors (Lipinski definition) is 1. The van der Waals surface area contributed by atoms with Gasteiger partial charge in [-0.15, -0.1) is 0 Å². The van der Waals surface area contributed by atoms with E-state index < -0.39 is 11.7 Å². The van der Waals surface area contributed by atoms with Crippen molar-refractivity contribution in [3.63, 3.8) is 0 Å². The van der Waals surface area contributed by atoms with E-state index >= 15 is 0 Å². The molecular weight excluding hydrogens is 346 g/mol. The zero-order valence-electron chi connectivity index (χ0n) is 17.5. The number of ether oxygens (including phenoxy) is 2. The molecule has 1 aliphatic heterocycles. The number of hydrogen-bond acceptors (Lipinski definition) is 5. The normalized spacial score (nSPS) is 23.9. The predicted octanol–water partition coefficient (Wildman–Crippen LogP) is 2.39. The number of nitrogens with zero attached hydrogens (tertiary/aromatic N) is 2. The Hall–Kier alpha value is -1.34. The first-order valence-electron chi connectivity index (χ1n) is 10.3. The van der Waals surface area contributed by atoms with Crippen molar-refractivity contribution in [1.29, 1.82) is 0 Å². The molecule has 1 saturated heterocycles. The smallest absolute Gasteiger partial charge is 0.410 e. The summed E-state index contributed by atoms with van der Waals surface area (Å²) in [6.07, 6.45) is 6.60. The van der Waals surface area contributed by atoms with Gasteiger partial charge in [-0.2, -0.15) is 0 Å². The van der Waals surface area contributed by atoms with Gasteiger partial charge in [0.25, 0.3) is 0 Å². The second-order valence-corrected chi connectivity index (χ2v) is 8.72. The van der Waals surface area contributed by atoms with E-state index in [1.54, 1.807) is 7.11 Å². The van der Waals surface area contributed by atoms with Gasteiger partial charge in [-0.3, -0.25) is 9.69 Å². The number of nitrogens with one attached hydrogen (secondary N) is 1. The van der Waals surface area contributed by atoms with Crippen LogP contribution in [0, 0.1) is 0 Å². The molecule has 0 aromatic heterocycles. The largest absolute Gasteiger partial charge is 0.444 e. The van der Waals surface area contributed by atoms with Crippen LogP contribution in [-0.2, 0) is 14.3 Å². The van der Waals surface area contributed by atoms with Gasteiger partial charge in [0.1, 0.15) is 12.1 Å². The topological polar surface area (TPSA) is 71.1 Å². The summed E-state index contributed by atoms with van der Waals surface area (Å²) in [7, 11) is 1.58. The third-order valence-electron chi connectivity index (χ3n) is 5.23. The Balaban J connectivity index is 1.81. The van der Waals surface area contributed by atoms with Gasteiger partial charge in [-0.1, -0.05) is 6.42 Å². The molecule has 0 radical (unpaired) electrons. The lowest BCUT2D eigenvalue weighted by molar-refractivity contribution is -0.123. The standard InChI is InChI=1S/C20H37N3O4/c1-20(2,3)27-19(25)23(12-13-26-4)15-18(24)21-16-8-9-17(14-16)22-10-6-5-7-11-22/h16-17H,5-15H2,1-4H3,(H,21,24)/t16-,17-/m0/s1. The first-order chi connectivity index (χ1) is 12.8. The minimum atomic E-state index is -0.591. The average molecular weight is 384 g/mol. The van der Waals surface area contributed by atoms with E-state index in [-0.39, 0.29) is 18.5 Å². The van der Waals surface area contributed by atoms with Crippen LogP contribution in [0.4, 0.5) is 4.79 Å². The monoisotopic (exact) mass is 383 g/mol. The Morgan fingerprint density at radius 3 is 2.48 bits per heavy atom. The molecule has 156 valence electrons. The number of carbonyl (C=O) groups is 2. The summed E-state index contributed by atoms with van der Waals surface area (Å²) < 4.78 is 10.5. The van der Waals surface area contributed by atoms with Gasteiger partial charge in [0.2, 0.25) is 5.91 Å². The fourth-order valence-corrected chi connectivity index (χ4v) is 3.91. The Kier molecular flexibility index (Phi) is 8.35. The molecule has 0 aromatic rings. The molecule has 7 nitrogen and oxygen atoms in total. The molecule has 2 rings (SSSR count). The highest BCUT2D eigenvalue weighted by atomic mass is 16.6. The molecule has 1 heterocycles. The molecule has 2 aliphatic rings. The lowest BCUT2D eigenvalue weighted by Crippen LogP contribution is -2.46. The van der Waals surface area contributed by atoms with Gasteiger partial charge >= 0.3 is 6.09 Å². The van der Waals surface area contributed by atoms with Gasteiger partial charge in [0.15, 0.2) is 0 Å². The van der Waals surface area contributed by atoms with E-state index in [1.807, 2.05) is 20.8 Å². The summed E-state index contributed by atoms with van der Waals surface area (Å²) in [6, 6.07) is 0.790. The van der Waals surface area contributed by atoms with Gasteiger partial charge in [-0.25, -0.2) is 4.79 Å². The second-order valence-electron chi connectivity index (χ2n) is 8.72. The highest BCUT2D eigenvalue weighted by molar-refractivity contribution is 5.82. The Morgan fingerprint density at radius 1 is 1.15 bits per heavy atom. The third kappa shape index (κ3) is 7.66. The molecule has 27 heavy (non-hydrogen) atoms. The van der Waals surface area contributed by atoms with Gasteiger partial charge in [-0.05, 0) is 66.0 Å². The molecule has 0 aromatic carbocycles. The highest BCUT2D eigenvalue weighted by Crippen LogP contribution is 2.26. The zero-order valence-corrected chi connectivity index (χ0v) is 17.5. The molecular formula is C20H37N3O4. The number of amides is 2. The molecule has 0 spiro atoms. The van der Waals surface area contributed by atoms with Crippen LogP contribution in [0.1, 0.15) is 59.3 Å². The molecule has 2 fully saturated rings. The fraction of sp³-hybridized carbons (Fsp3) is 0.900. The molecule has 0 bridgehead atoms. The maximum Gasteiger partial charge on any atom is 0.410 e. The number of piperidine rings is 1. The van der Waals surface area contributed by atoms with Crippen LogP contribution >= 0.6 is 0 Å². The summed E-state index contributed by atoms with van der Waals surface area (Å²) in [5.41, 5.74) is -0.591. The lowest BCUT2D eigenvalue weighted by Gasteiger charge is -2.32. The van der Waals surface area contributed by atoms with Crippen molar-refractivity contribution in [2.45, 2.75) is 77.0 Å². The minimum absolute atomic E-state index is 0.00313. The number of likely N-dealkylation sites (tertiary alicyclic amines) is 1. The van der Waals surface area contributed by atoms with Crippen LogP contribution in [0.15, 0.2) is 0 Å². The van der Waals surface area contributed by atoms with Crippen molar-refractivity contribution in [3.8, 4) is 0 Å². The molecule has 7 heteroatoms. The summed E-state index contributed by atoms with van der Waals surface area (Å²) in [6.45, 7) is 8.54. The fourth-order valence-electron chi connectivity index (χ4n) is 3.91. The quantitative estimate of drug-likeness (QED) is 0.731. The van der Waals surface area contributed by atoms with Gasteiger partial charge in [0.05, 0.1) is 6.61 Å². The maximum absolute atomic E-state index is 12.5. The van der Waals surface area contributed by atoms with Crippen molar-refractivity contribution in [2.24, 2.45) is 0 Å². The first-order valence-corrected chi connectivity index (χ1v) is 10.3. The molecule has 2 amide bonds. The van der Waals surface area contributed by atoms with E-state index in [0.717, 1.165) is 19.3 Å². The average Bonchev–Trinajstić information content (AvgIpc) is 3.06. The van der Waals surface area contributed by atoms with E-state index in [9.17, 15) is 9.59 Å². The van der Waals surface area contributed by atoms with Crippen LogP contribution in [0.25, 0.3) is 0 Å². The molecule has 1 N–H and O–H groups in total. The van der Waals surface area contributed by atoms with Crippen molar-refractivity contribution in [3.05, 3.63) is 0 Å². The van der Waals surface area contributed by atoms with Crippen LogP contribution in [-0.4, -0.2) is 79.4 Å². The van der Waals surface area contributed by atoms with Crippen LogP contribution < -0.4 is 5.32 Å². The molecule has 1 aliphatic carbocycles. The van der Waals surface area contributed by atoms with Crippen molar-refractivity contribution in [1.82, 2.24) is 15.1 Å². The number of rotatable bonds is 7. The first kappa shape index (κ1) is 22.0. The number of methoxy groups -OCH3 is 1.